The van der Waals surface area contributed by atoms with Gasteiger partial charge >= 0.3 is 17.9 Å². The van der Waals surface area contributed by atoms with E-state index in [1.165, 1.54) is 96.3 Å². The molecule has 6 nitrogen and oxygen atoms in total. The minimum atomic E-state index is -0.792. The highest BCUT2D eigenvalue weighted by Gasteiger charge is 2.19. The fraction of sp³-hybridized carbons (Fsp3) is 0.671. The van der Waals surface area contributed by atoms with E-state index in [2.05, 4.69) is 142 Å². The molecule has 0 aliphatic carbocycles. The van der Waals surface area contributed by atoms with Crippen molar-refractivity contribution in [2.45, 2.75) is 290 Å². The van der Waals surface area contributed by atoms with Gasteiger partial charge in [-0.1, -0.05) is 264 Å². The summed E-state index contributed by atoms with van der Waals surface area (Å²) in [5.74, 6) is -0.912. The monoisotopic (exact) mass is 1050 g/mol. The lowest BCUT2D eigenvalue weighted by atomic mass is 10.0. The van der Waals surface area contributed by atoms with E-state index in [1.807, 2.05) is 0 Å². The van der Waals surface area contributed by atoms with E-state index < -0.39 is 6.10 Å². The van der Waals surface area contributed by atoms with Gasteiger partial charge in [0.05, 0.1) is 0 Å². The van der Waals surface area contributed by atoms with Gasteiger partial charge in [0.25, 0.3) is 0 Å². The molecule has 0 N–H and O–H groups in total. The Morgan fingerprint density at radius 1 is 0.276 bits per heavy atom. The van der Waals surface area contributed by atoms with Gasteiger partial charge in [-0.2, -0.15) is 0 Å². The quantitative estimate of drug-likeness (QED) is 0.0261. The third kappa shape index (κ3) is 60.7. The van der Waals surface area contributed by atoms with Crippen LogP contribution in [0.3, 0.4) is 0 Å². The molecule has 0 aromatic rings. The van der Waals surface area contributed by atoms with Gasteiger partial charge in [-0.25, -0.2) is 0 Å². The van der Waals surface area contributed by atoms with Crippen molar-refractivity contribution < 1.29 is 28.6 Å². The zero-order valence-corrected chi connectivity index (χ0v) is 49.5. The Kier molecular flexibility index (Phi) is 59.9. The molecule has 0 radical (unpaired) electrons. The van der Waals surface area contributed by atoms with Gasteiger partial charge in [0.2, 0.25) is 0 Å². The number of hydrogen-bond donors (Lipinski definition) is 0. The third-order valence-corrected chi connectivity index (χ3v) is 13.2. The number of rotatable bonds is 56. The molecular weight excluding hydrogens is 937 g/mol. The summed E-state index contributed by atoms with van der Waals surface area (Å²) in [5.41, 5.74) is 0. The first-order chi connectivity index (χ1) is 37.5. The first-order valence-corrected chi connectivity index (χ1v) is 31.5. The van der Waals surface area contributed by atoms with Crippen molar-refractivity contribution in [1.29, 1.82) is 0 Å². The Morgan fingerprint density at radius 3 is 0.816 bits per heavy atom. The molecule has 0 rings (SSSR count). The van der Waals surface area contributed by atoms with Gasteiger partial charge in [0.1, 0.15) is 13.2 Å². The maximum Gasteiger partial charge on any atom is 0.306 e. The third-order valence-electron chi connectivity index (χ3n) is 13.2. The predicted octanol–water partition coefficient (Wildman–Crippen LogP) is 21.6. The Hall–Kier alpha value is -4.19. The second-order valence-electron chi connectivity index (χ2n) is 20.5. The standard InChI is InChI=1S/C70H116O6/c1-4-7-10-13-16-19-22-24-26-28-30-31-32-33-34-35-36-37-38-39-41-42-44-46-48-51-54-57-60-63-69(72)75-66-67(65-74-68(71)62-59-56-53-50-21-18-15-12-9-6-3)76-70(73)64-61-58-55-52-49-47-45-43-40-29-27-25-23-20-17-14-11-8-5-2/h7-8,10-12,15-17,19-20,24-27,30-31,33-34,40,43,67H,4-6,9,13-14,18,21-23,28-29,32,35-39,41-42,44-66H2,1-3H3/b10-7-,11-8-,15-12-,19-16-,20-17-,26-24-,27-25-,31-30-,34-33-,43-40-. The highest BCUT2D eigenvalue weighted by molar-refractivity contribution is 5.71. The van der Waals surface area contributed by atoms with Crippen LogP contribution in [0.5, 0.6) is 0 Å². The lowest BCUT2D eigenvalue weighted by molar-refractivity contribution is -0.167. The molecule has 0 amide bonds. The molecule has 0 fully saturated rings. The van der Waals surface area contributed by atoms with Crippen molar-refractivity contribution in [3.05, 3.63) is 122 Å². The maximum atomic E-state index is 12.9. The van der Waals surface area contributed by atoms with E-state index in [1.54, 1.807) is 0 Å². The minimum absolute atomic E-state index is 0.0884. The number of hydrogen-bond acceptors (Lipinski definition) is 6. The Labute approximate surface area is 469 Å². The molecule has 0 spiro atoms. The number of unbranched alkanes of at least 4 members (excludes halogenated alkanes) is 25. The van der Waals surface area contributed by atoms with E-state index >= 15 is 0 Å². The second kappa shape index (κ2) is 63.3. The Balaban J connectivity index is 4.24. The average molecular weight is 1050 g/mol. The van der Waals surface area contributed by atoms with Crippen LogP contribution >= 0.6 is 0 Å². The molecule has 0 bridgehead atoms. The lowest BCUT2D eigenvalue weighted by Crippen LogP contribution is -2.30. The van der Waals surface area contributed by atoms with E-state index in [9.17, 15) is 14.4 Å². The molecule has 1 atom stereocenters. The lowest BCUT2D eigenvalue weighted by Gasteiger charge is -2.18. The van der Waals surface area contributed by atoms with Gasteiger partial charge in [-0.05, 0) is 122 Å². The maximum absolute atomic E-state index is 12.9. The summed E-state index contributed by atoms with van der Waals surface area (Å²) in [6, 6.07) is 0. The van der Waals surface area contributed by atoms with Crippen molar-refractivity contribution in [3.63, 3.8) is 0 Å². The zero-order valence-electron chi connectivity index (χ0n) is 49.5. The van der Waals surface area contributed by atoms with Gasteiger partial charge in [-0.15, -0.1) is 0 Å². The molecule has 0 saturated heterocycles. The Morgan fingerprint density at radius 2 is 0.513 bits per heavy atom. The number of carbonyl (C=O) groups is 3. The number of esters is 3. The van der Waals surface area contributed by atoms with E-state index in [-0.39, 0.29) is 31.1 Å². The van der Waals surface area contributed by atoms with Crippen LogP contribution in [0, 0.1) is 0 Å². The zero-order chi connectivity index (χ0) is 55.0. The van der Waals surface area contributed by atoms with Crippen molar-refractivity contribution in [1.82, 2.24) is 0 Å². The molecule has 1 unspecified atom stereocenters. The summed E-state index contributed by atoms with van der Waals surface area (Å²) >= 11 is 0. The SMILES string of the molecule is CC/C=C\C/C=C\C/C=C\C/C=C\C/C=C\CCCCCCCCCCCCCCCC(=O)OCC(COC(=O)CCCCCCC/C=C\CCC)OC(=O)CCCCCCCC/C=C\C/C=C\C/C=C\C/C=C\CC. The topological polar surface area (TPSA) is 78.9 Å². The minimum Gasteiger partial charge on any atom is -0.462 e. The van der Waals surface area contributed by atoms with Crippen LogP contribution in [0.1, 0.15) is 284 Å². The normalized spacial score (nSPS) is 12.9. The van der Waals surface area contributed by atoms with Crippen LogP contribution in [0.25, 0.3) is 0 Å². The van der Waals surface area contributed by atoms with Crippen LogP contribution in [-0.2, 0) is 28.6 Å². The fourth-order valence-corrected chi connectivity index (χ4v) is 8.52. The van der Waals surface area contributed by atoms with Crippen molar-refractivity contribution in [2.75, 3.05) is 13.2 Å². The number of ether oxygens (including phenoxy) is 3. The summed E-state index contributed by atoms with van der Waals surface area (Å²) in [6.45, 7) is 6.34. The van der Waals surface area contributed by atoms with Crippen LogP contribution < -0.4 is 0 Å². The molecule has 0 aliphatic heterocycles. The summed E-state index contributed by atoms with van der Waals surface area (Å²) in [4.78, 5) is 38.2. The van der Waals surface area contributed by atoms with Crippen molar-refractivity contribution in [3.8, 4) is 0 Å². The van der Waals surface area contributed by atoms with Gasteiger partial charge < -0.3 is 14.2 Å². The smallest absolute Gasteiger partial charge is 0.306 e. The molecule has 6 heteroatoms. The summed E-state index contributed by atoms with van der Waals surface area (Å²) < 4.78 is 16.9. The second-order valence-corrected chi connectivity index (χ2v) is 20.5. The van der Waals surface area contributed by atoms with Gasteiger partial charge in [0, 0.05) is 19.3 Å². The molecule has 0 saturated carbocycles. The highest BCUT2D eigenvalue weighted by atomic mass is 16.6. The number of allylic oxidation sites excluding steroid dienone is 20. The number of carbonyl (C=O) groups excluding carboxylic acids is 3. The van der Waals surface area contributed by atoms with E-state index in [4.69, 9.17) is 14.2 Å². The summed E-state index contributed by atoms with van der Waals surface area (Å²) in [6.07, 6.45) is 87.8. The fourth-order valence-electron chi connectivity index (χ4n) is 8.52. The van der Waals surface area contributed by atoms with Crippen LogP contribution in [0.2, 0.25) is 0 Å². The van der Waals surface area contributed by atoms with Crippen LogP contribution in [0.15, 0.2) is 122 Å². The molecule has 76 heavy (non-hydrogen) atoms. The van der Waals surface area contributed by atoms with Crippen LogP contribution in [0.4, 0.5) is 0 Å². The average Bonchev–Trinajstić information content (AvgIpc) is 3.42. The largest absolute Gasteiger partial charge is 0.462 e. The van der Waals surface area contributed by atoms with Crippen LogP contribution in [-0.4, -0.2) is 37.2 Å². The molecular formula is C70H116O6. The molecule has 0 heterocycles. The molecule has 432 valence electrons. The Bertz CT molecular complexity index is 1590. The highest BCUT2D eigenvalue weighted by Crippen LogP contribution is 2.16. The van der Waals surface area contributed by atoms with Crippen molar-refractivity contribution >= 4 is 17.9 Å². The van der Waals surface area contributed by atoms with E-state index in [0.717, 1.165) is 148 Å². The van der Waals surface area contributed by atoms with Gasteiger partial charge in [-0.3, -0.25) is 14.4 Å². The first-order valence-electron chi connectivity index (χ1n) is 31.5. The first kappa shape index (κ1) is 71.8. The summed E-state index contributed by atoms with van der Waals surface area (Å²) in [7, 11) is 0. The molecule has 0 aliphatic rings. The molecule has 0 aromatic carbocycles. The molecule has 0 aromatic heterocycles. The predicted molar refractivity (Wildman–Crippen MR) is 330 cm³/mol. The van der Waals surface area contributed by atoms with Gasteiger partial charge in [0.15, 0.2) is 6.10 Å². The van der Waals surface area contributed by atoms with E-state index in [0.29, 0.717) is 19.3 Å². The summed E-state index contributed by atoms with van der Waals surface area (Å²) in [5, 5.41) is 0. The van der Waals surface area contributed by atoms with Crippen molar-refractivity contribution in [2.24, 2.45) is 0 Å².